The molecule has 0 aromatic heterocycles. The van der Waals surface area contributed by atoms with Crippen molar-refractivity contribution in [2.24, 2.45) is 0 Å². The molecule has 0 bridgehead atoms. The fourth-order valence-electron chi connectivity index (χ4n) is 5.66. The fraction of sp³-hybridized carbons (Fsp3) is 0.355. The second-order valence-corrected chi connectivity index (χ2v) is 9.56. The zero-order valence-corrected chi connectivity index (χ0v) is 21.0. The molecule has 0 radical (unpaired) electrons. The van der Waals surface area contributed by atoms with Gasteiger partial charge in [-0.05, 0) is 42.0 Å². The Morgan fingerprint density at radius 3 is 2.00 bits per heavy atom. The number of hydrogen-bond acceptors (Lipinski definition) is 4. The largest absolute Gasteiger partial charge is 0.493 e. The van der Waals surface area contributed by atoms with Crippen molar-refractivity contribution in [3.8, 4) is 11.5 Å². The number of benzene rings is 3. The Kier molecular flexibility index (Phi) is 7.51. The van der Waals surface area contributed by atoms with Crippen molar-refractivity contribution in [2.75, 3.05) is 46.9 Å². The van der Waals surface area contributed by atoms with Crippen LogP contribution in [0.25, 0.3) is 6.08 Å². The molecule has 0 atom stereocenters. The molecule has 4 heteroatoms. The monoisotopic (exact) mass is 468 g/mol. The highest BCUT2D eigenvalue weighted by Gasteiger charge is 2.27. The molecule has 1 fully saturated rings. The molecule has 1 aliphatic heterocycles. The third-order valence-electron chi connectivity index (χ3n) is 7.40. The van der Waals surface area contributed by atoms with Gasteiger partial charge in [-0.25, -0.2) is 0 Å². The number of hydrogen-bond donors (Lipinski definition) is 0. The minimum Gasteiger partial charge on any atom is -0.493 e. The summed E-state index contributed by atoms with van der Waals surface area (Å²) >= 11 is 0. The Bertz CT molecular complexity index is 1100. The van der Waals surface area contributed by atoms with Gasteiger partial charge in [-0.2, -0.15) is 0 Å². The molecule has 2 aliphatic rings. The second-order valence-electron chi connectivity index (χ2n) is 9.56. The number of piperazine rings is 1. The summed E-state index contributed by atoms with van der Waals surface area (Å²) in [4.78, 5) is 5.27. The summed E-state index contributed by atoms with van der Waals surface area (Å²) < 4.78 is 11.2. The summed E-state index contributed by atoms with van der Waals surface area (Å²) in [5.41, 5.74) is 6.83. The SMILES string of the molecule is COc1ccc2c(c1OC)CCCC(CN1CCN(C(c3ccccc3)c3ccccc3)CC1)=C2. The highest BCUT2D eigenvalue weighted by Crippen LogP contribution is 2.37. The molecule has 0 saturated carbocycles. The minimum absolute atomic E-state index is 0.311. The van der Waals surface area contributed by atoms with Crippen LogP contribution in [-0.2, 0) is 6.42 Å². The van der Waals surface area contributed by atoms with Crippen LogP contribution in [0.5, 0.6) is 11.5 Å². The van der Waals surface area contributed by atoms with Crippen LogP contribution >= 0.6 is 0 Å². The van der Waals surface area contributed by atoms with Crippen molar-refractivity contribution in [1.82, 2.24) is 9.80 Å². The number of nitrogens with zero attached hydrogens (tertiary/aromatic N) is 2. The van der Waals surface area contributed by atoms with Crippen molar-refractivity contribution < 1.29 is 9.47 Å². The van der Waals surface area contributed by atoms with Gasteiger partial charge in [0.05, 0.1) is 20.3 Å². The Labute approximate surface area is 209 Å². The van der Waals surface area contributed by atoms with E-state index in [2.05, 4.69) is 82.6 Å². The summed E-state index contributed by atoms with van der Waals surface area (Å²) in [5.74, 6) is 1.72. The molecule has 182 valence electrons. The summed E-state index contributed by atoms with van der Waals surface area (Å²) in [6.45, 7) is 5.37. The lowest BCUT2D eigenvalue weighted by Crippen LogP contribution is -2.48. The first kappa shape index (κ1) is 23.7. The lowest BCUT2D eigenvalue weighted by molar-refractivity contribution is 0.115. The summed E-state index contributed by atoms with van der Waals surface area (Å²) in [6.07, 6.45) is 5.70. The predicted octanol–water partition coefficient (Wildman–Crippen LogP) is 5.83. The summed E-state index contributed by atoms with van der Waals surface area (Å²) in [5, 5.41) is 0. The molecule has 1 saturated heterocycles. The maximum Gasteiger partial charge on any atom is 0.164 e. The molecule has 0 amide bonds. The van der Waals surface area contributed by atoms with Crippen LogP contribution in [0.1, 0.15) is 41.1 Å². The molecule has 3 aromatic rings. The van der Waals surface area contributed by atoms with Crippen LogP contribution < -0.4 is 9.47 Å². The van der Waals surface area contributed by atoms with E-state index in [1.165, 1.54) is 27.8 Å². The van der Waals surface area contributed by atoms with E-state index in [1.807, 2.05) is 6.07 Å². The van der Waals surface area contributed by atoms with E-state index < -0.39 is 0 Å². The highest BCUT2D eigenvalue weighted by molar-refractivity contribution is 5.65. The molecule has 35 heavy (non-hydrogen) atoms. The molecule has 3 aromatic carbocycles. The van der Waals surface area contributed by atoms with Crippen LogP contribution in [0.4, 0.5) is 0 Å². The zero-order chi connectivity index (χ0) is 24.0. The van der Waals surface area contributed by atoms with Crippen LogP contribution in [0, 0.1) is 0 Å². The zero-order valence-electron chi connectivity index (χ0n) is 21.0. The third-order valence-corrected chi connectivity index (χ3v) is 7.40. The molecule has 5 rings (SSSR count). The molecular weight excluding hydrogens is 432 g/mol. The van der Waals surface area contributed by atoms with Crippen molar-refractivity contribution in [2.45, 2.75) is 25.3 Å². The van der Waals surface area contributed by atoms with E-state index in [0.717, 1.165) is 63.5 Å². The minimum atomic E-state index is 0.311. The highest BCUT2D eigenvalue weighted by atomic mass is 16.5. The van der Waals surface area contributed by atoms with E-state index in [1.54, 1.807) is 14.2 Å². The average Bonchev–Trinajstić information content (AvgIpc) is 3.12. The van der Waals surface area contributed by atoms with E-state index in [-0.39, 0.29) is 0 Å². The van der Waals surface area contributed by atoms with Crippen LogP contribution in [0.3, 0.4) is 0 Å². The van der Waals surface area contributed by atoms with Gasteiger partial charge in [-0.1, -0.05) is 78.4 Å². The van der Waals surface area contributed by atoms with Gasteiger partial charge in [-0.3, -0.25) is 9.80 Å². The summed E-state index contributed by atoms with van der Waals surface area (Å²) in [6, 6.07) is 26.4. The molecular formula is C31H36N2O2. The number of fused-ring (bicyclic) bond motifs is 1. The smallest absolute Gasteiger partial charge is 0.164 e. The first-order valence-corrected chi connectivity index (χ1v) is 12.8. The van der Waals surface area contributed by atoms with Gasteiger partial charge in [0.25, 0.3) is 0 Å². The first-order valence-electron chi connectivity index (χ1n) is 12.8. The van der Waals surface area contributed by atoms with Gasteiger partial charge in [0, 0.05) is 38.3 Å². The fourth-order valence-corrected chi connectivity index (χ4v) is 5.66. The van der Waals surface area contributed by atoms with E-state index in [0.29, 0.717) is 6.04 Å². The standard InChI is InChI=1S/C31H36N2O2/c1-34-29-17-16-27-22-24(10-9-15-28(27)31(29)35-2)23-32-18-20-33(21-19-32)30(25-11-5-3-6-12-25)26-13-7-4-8-14-26/h3-8,11-14,16-17,22,30H,9-10,15,18-21,23H2,1-2H3. The number of methoxy groups -OCH3 is 2. The maximum atomic E-state index is 5.71. The second kappa shape index (κ2) is 11.1. The van der Waals surface area contributed by atoms with E-state index in [4.69, 9.17) is 9.47 Å². The Morgan fingerprint density at radius 1 is 0.743 bits per heavy atom. The molecule has 0 spiro atoms. The molecule has 0 unspecified atom stereocenters. The van der Waals surface area contributed by atoms with Crippen LogP contribution in [-0.4, -0.2) is 56.7 Å². The number of ether oxygens (including phenoxy) is 2. The molecule has 1 heterocycles. The quantitative estimate of drug-likeness (QED) is 0.436. The predicted molar refractivity (Wildman–Crippen MR) is 143 cm³/mol. The normalized spacial score (nSPS) is 16.9. The van der Waals surface area contributed by atoms with Gasteiger partial charge in [-0.15, -0.1) is 0 Å². The molecule has 1 aliphatic carbocycles. The molecule has 0 N–H and O–H groups in total. The van der Waals surface area contributed by atoms with Crippen LogP contribution in [0.15, 0.2) is 78.4 Å². The van der Waals surface area contributed by atoms with Crippen molar-refractivity contribution >= 4 is 6.08 Å². The number of rotatable bonds is 7. The van der Waals surface area contributed by atoms with Crippen molar-refractivity contribution in [3.63, 3.8) is 0 Å². The van der Waals surface area contributed by atoms with E-state index in [9.17, 15) is 0 Å². The van der Waals surface area contributed by atoms with E-state index >= 15 is 0 Å². The van der Waals surface area contributed by atoms with Gasteiger partial charge in [0.1, 0.15) is 0 Å². The van der Waals surface area contributed by atoms with Gasteiger partial charge in [0.15, 0.2) is 11.5 Å². The Hall–Kier alpha value is -3.08. The van der Waals surface area contributed by atoms with Crippen molar-refractivity contribution in [3.05, 3.63) is 101 Å². The van der Waals surface area contributed by atoms with Crippen molar-refractivity contribution in [1.29, 1.82) is 0 Å². The summed E-state index contributed by atoms with van der Waals surface area (Å²) in [7, 11) is 3.45. The Morgan fingerprint density at radius 2 is 1.40 bits per heavy atom. The van der Waals surface area contributed by atoms with Crippen LogP contribution in [0.2, 0.25) is 0 Å². The van der Waals surface area contributed by atoms with Gasteiger partial charge in [0.2, 0.25) is 0 Å². The topological polar surface area (TPSA) is 24.9 Å². The first-order chi connectivity index (χ1) is 17.3. The molecule has 4 nitrogen and oxygen atoms in total. The van der Waals surface area contributed by atoms with Gasteiger partial charge < -0.3 is 9.47 Å². The van der Waals surface area contributed by atoms with Gasteiger partial charge >= 0.3 is 0 Å². The lowest BCUT2D eigenvalue weighted by Gasteiger charge is -2.40. The lowest BCUT2D eigenvalue weighted by atomic mass is 9.96. The average molecular weight is 469 g/mol. The maximum absolute atomic E-state index is 5.71. The Balaban J connectivity index is 1.29. The third kappa shape index (κ3) is 5.29.